The molecular formula is C10H11ClO. The van der Waals surface area contributed by atoms with Crippen LogP contribution in [0.3, 0.4) is 0 Å². The van der Waals surface area contributed by atoms with Crippen LogP contribution < -0.4 is 0 Å². The van der Waals surface area contributed by atoms with Gasteiger partial charge in [0.15, 0.2) is 0 Å². The van der Waals surface area contributed by atoms with E-state index in [-0.39, 0.29) is 5.92 Å². The Labute approximate surface area is 77.4 Å². The normalized spacial score (nSPS) is 12.5. The minimum absolute atomic E-state index is 0.265. The van der Waals surface area contributed by atoms with E-state index in [1.165, 1.54) is 0 Å². The summed E-state index contributed by atoms with van der Waals surface area (Å²) in [5, 5.41) is 0.727. The molecule has 0 unspecified atom stereocenters. The molecule has 1 nitrogen and oxygen atoms in total. The molecule has 2 heteroatoms. The molecule has 1 aromatic carbocycles. The van der Waals surface area contributed by atoms with Crippen LogP contribution in [0.2, 0.25) is 5.02 Å². The van der Waals surface area contributed by atoms with Crippen LogP contribution in [0.1, 0.15) is 24.8 Å². The standard InChI is InChI=1S/C10H11ClO/c1-8(5-6-12)9-3-2-4-10(11)7-9/h2-4,6-8H,5H2,1H3/t8-/m1/s1. The Morgan fingerprint density at radius 2 is 2.33 bits per heavy atom. The van der Waals surface area contributed by atoms with E-state index in [9.17, 15) is 4.79 Å². The number of carbonyl (C=O) groups excluding carboxylic acids is 1. The first-order chi connectivity index (χ1) is 5.74. The van der Waals surface area contributed by atoms with Gasteiger partial charge in [-0.15, -0.1) is 0 Å². The van der Waals surface area contributed by atoms with E-state index < -0.39 is 0 Å². The van der Waals surface area contributed by atoms with Gasteiger partial charge in [-0.3, -0.25) is 0 Å². The van der Waals surface area contributed by atoms with Gasteiger partial charge in [-0.2, -0.15) is 0 Å². The maximum atomic E-state index is 10.2. The summed E-state index contributed by atoms with van der Waals surface area (Å²) < 4.78 is 0. The monoisotopic (exact) mass is 182 g/mol. The van der Waals surface area contributed by atoms with E-state index in [1.54, 1.807) is 0 Å². The number of hydrogen-bond acceptors (Lipinski definition) is 1. The second kappa shape index (κ2) is 4.27. The Kier molecular flexibility index (Phi) is 3.30. The Balaban J connectivity index is 2.80. The average molecular weight is 183 g/mol. The van der Waals surface area contributed by atoms with Gasteiger partial charge in [0.1, 0.15) is 6.29 Å². The van der Waals surface area contributed by atoms with Crippen molar-refractivity contribution in [2.24, 2.45) is 0 Å². The molecule has 0 heterocycles. The molecule has 0 aliphatic carbocycles. The first-order valence-electron chi connectivity index (χ1n) is 3.93. The van der Waals surface area contributed by atoms with Gasteiger partial charge in [0, 0.05) is 11.4 Å². The van der Waals surface area contributed by atoms with E-state index in [0.29, 0.717) is 6.42 Å². The van der Waals surface area contributed by atoms with Gasteiger partial charge in [0.05, 0.1) is 0 Å². The summed E-state index contributed by atoms with van der Waals surface area (Å²) in [6.45, 7) is 2.01. The van der Waals surface area contributed by atoms with Gasteiger partial charge in [-0.05, 0) is 23.6 Å². The Hall–Kier alpha value is -0.820. The van der Waals surface area contributed by atoms with Gasteiger partial charge >= 0.3 is 0 Å². The van der Waals surface area contributed by atoms with Crippen molar-refractivity contribution in [3.63, 3.8) is 0 Å². The van der Waals surface area contributed by atoms with Crippen LogP contribution in [-0.4, -0.2) is 6.29 Å². The zero-order chi connectivity index (χ0) is 8.97. The van der Waals surface area contributed by atoms with Crippen LogP contribution in [0, 0.1) is 0 Å². The molecule has 64 valence electrons. The molecule has 0 aromatic heterocycles. The molecule has 1 rings (SSSR count). The van der Waals surface area contributed by atoms with E-state index >= 15 is 0 Å². The minimum atomic E-state index is 0.265. The first-order valence-corrected chi connectivity index (χ1v) is 4.31. The van der Waals surface area contributed by atoms with Crippen LogP contribution in [0.15, 0.2) is 24.3 Å². The van der Waals surface area contributed by atoms with Gasteiger partial charge < -0.3 is 4.79 Å². The quantitative estimate of drug-likeness (QED) is 0.657. The van der Waals surface area contributed by atoms with Crippen LogP contribution >= 0.6 is 11.6 Å². The highest BCUT2D eigenvalue weighted by atomic mass is 35.5. The van der Waals surface area contributed by atoms with E-state index in [1.807, 2.05) is 31.2 Å². The van der Waals surface area contributed by atoms with Crippen molar-refractivity contribution in [1.29, 1.82) is 0 Å². The molecular weight excluding hydrogens is 172 g/mol. The lowest BCUT2D eigenvalue weighted by Gasteiger charge is -2.07. The second-order valence-corrected chi connectivity index (χ2v) is 3.29. The van der Waals surface area contributed by atoms with Gasteiger partial charge in [-0.25, -0.2) is 0 Å². The summed E-state index contributed by atoms with van der Waals surface area (Å²) in [5.41, 5.74) is 1.12. The fourth-order valence-corrected chi connectivity index (χ4v) is 1.29. The summed E-state index contributed by atoms with van der Waals surface area (Å²) in [7, 11) is 0. The number of carbonyl (C=O) groups is 1. The maximum Gasteiger partial charge on any atom is 0.120 e. The molecule has 0 aliphatic rings. The molecule has 0 saturated carbocycles. The number of aldehydes is 1. The molecule has 0 radical (unpaired) electrons. The summed E-state index contributed by atoms with van der Waals surface area (Å²) in [6, 6.07) is 7.62. The molecule has 0 bridgehead atoms. The SMILES string of the molecule is C[C@H](CC=O)c1cccc(Cl)c1. The predicted molar refractivity (Wildman–Crippen MR) is 50.5 cm³/mol. The Morgan fingerprint density at radius 1 is 1.58 bits per heavy atom. The fourth-order valence-electron chi connectivity index (χ4n) is 1.09. The molecule has 1 atom stereocenters. The van der Waals surface area contributed by atoms with Crippen LogP contribution in [0.25, 0.3) is 0 Å². The summed E-state index contributed by atoms with van der Waals surface area (Å²) >= 11 is 5.80. The van der Waals surface area contributed by atoms with Crippen LogP contribution in [0.4, 0.5) is 0 Å². The predicted octanol–water partition coefficient (Wildman–Crippen LogP) is 3.03. The lowest BCUT2D eigenvalue weighted by molar-refractivity contribution is -0.108. The molecule has 0 saturated heterocycles. The first kappa shape index (κ1) is 9.27. The summed E-state index contributed by atoms with van der Waals surface area (Å²) in [6.07, 6.45) is 1.49. The van der Waals surface area contributed by atoms with Crippen LogP contribution in [0.5, 0.6) is 0 Å². The highest BCUT2D eigenvalue weighted by molar-refractivity contribution is 6.30. The van der Waals surface area contributed by atoms with Crippen molar-refractivity contribution >= 4 is 17.9 Å². The Morgan fingerprint density at radius 3 is 2.92 bits per heavy atom. The third-order valence-electron chi connectivity index (χ3n) is 1.87. The number of benzene rings is 1. The van der Waals surface area contributed by atoms with Crippen molar-refractivity contribution in [2.75, 3.05) is 0 Å². The molecule has 0 spiro atoms. The molecule has 0 amide bonds. The topological polar surface area (TPSA) is 17.1 Å². The molecule has 12 heavy (non-hydrogen) atoms. The summed E-state index contributed by atoms with van der Waals surface area (Å²) in [4.78, 5) is 10.2. The van der Waals surface area contributed by atoms with Crippen molar-refractivity contribution in [2.45, 2.75) is 19.3 Å². The lowest BCUT2D eigenvalue weighted by atomic mass is 9.99. The lowest BCUT2D eigenvalue weighted by Crippen LogP contribution is -1.93. The highest BCUT2D eigenvalue weighted by Crippen LogP contribution is 2.20. The Bertz CT molecular complexity index is 270. The zero-order valence-corrected chi connectivity index (χ0v) is 7.71. The minimum Gasteiger partial charge on any atom is -0.303 e. The number of halogens is 1. The fraction of sp³-hybridized carbons (Fsp3) is 0.300. The van der Waals surface area contributed by atoms with E-state index in [2.05, 4.69) is 0 Å². The van der Waals surface area contributed by atoms with Crippen LogP contribution in [-0.2, 0) is 4.79 Å². The van der Waals surface area contributed by atoms with Crippen molar-refractivity contribution < 1.29 is 4.79 Å². The largest absolute Gasteiger partial charge is 0.303 e. The highest BCUT2D eigenvalue weighted by Gasteiger charge is 2.03. The summed E-state index contributed by atoms with van der Waals surface area (Å²) in [5.74, 6) is 0.265. The maximum absolute atomic E-state index is 10.2. The average Bonchev–Trinajstić information content (AvgIpc) is 2.05. The van der Waals surface area contributed by atoms with E-state index in [4.69, 9.17) is 11.6 Å². The molecule has 1 aromatic rings. The second-order valence-electron chi connectivity index (χ2n) is 2.86. The zero-order valence-electron chi connectivity index (χ0n) is 6.96. The van der Waals surface area contributed by atoms with Crippen molar-refractivity contribution in [3.05, 3.63) is 34.9 Å². The van der Waals surface area contributed by atoms with Gasteiger partial charge in [0.2, 0.25) is 0 Å². The van der Waals surface area contributed by atoms with Crippen molar-refractivity contribution in [3.8, 4) is 0 Å². The third kappa shape index (κ3) is 2.35. The van der Waals surface area contributed by atoms with E-state index in [0.717, 1.165) is 16.9 Å². The number of hydrogen-bond donors (Lipinski definition) is 0. The smallest absolute Gasteiger partial charge is 0.120 e. The third-order valence-corrected chi connectivity index (χ3v) is 2.10. The molecule has 0 aliphatic heterocycles. The number of rotatable bonds is 3. The van der Waals surface area contributed by atoms with Crippen molar-refractivity contribution in [1.82, 2.24) is 0 Å². The van der Waals surface area contributed by atoms with Gasteiger partial charge in [0.25, 0.3) is 0 Å². The molecule has 0 fully saturated rings. The molecule has 0 N–H and O–H groups in total. The van der Waals surface area contributed by atoms with Gasteiger partial charge in [-0.1, -0.05) is 30.7 Å².